The number of nitro groups is 1. The Morgan fingerprint density at radius 2 is 2.05 bits per heavy atom. The van der Waals surface area contributed by atoms with Gasteiger partial charge in [0.05, 0.1) is 11.0 Å². The molecule has 21 heavy (non-hydrogen) atoms. The van der Waals surface area contributed by atoms with Crippen molar-refractivity contribution in [3.8, 4) is 6.07 Å². The van der Waals surface area contributed by atoms with Gasteiger partial charge in [-0.05, 0) is 31.9 Å². The number of hydrogen-bond acceptors (Lipinski definition) is 4. The van der Waals surface area contributed by atoms with Crippen LogP contribution in [0.3, 0.4) is 0 Å². The summed E-state index contributed by atoms with van der Waals surface area (Å²) in [5, 5.41) is 22.9. The Bertz CT molecular complexity index is 613. The Balaban J connectivity index is 2.19. The molecule has 2 rings (SSSR count). The van der Waals surface area contributed by atoms with Crippen molar-refractivity contribution >= 4 is 11.6 Å². The van der Waals surface area contributed by atoms with Gasteiger partial charge in [0.1, 0.15) is 5.54 Å². The summed E-state index contributed by atoms with van der Waals surface area (Å²) in [7, 11) is 0. The molecule has 0 aromatic heterocycles. The smallest absolute Gasteiger partial charge is 0.272 e. The molecule has 0 aliphatic heterocycles. The standard InChI is InChI=1S/C15H17N3O3/c1-11-9-12(5-6-13(11)18(20)21)14(19)17-15(10-16)7-3-2-4-8-15/h5-6,9H,2-4,7-8H2,1H3,(H,17,19). The van der Waals surface area contributed by atoms with E-state index >= 15 is 0 Å². The van der Waals surface area contributed by atoms with Crippen molar-refractivity contribution in [2.45, 2.75) is 44.6 Å². The molecule has 1 saturated carbocycles. The predicted molar refractivity (Wildman–Crippen MR) is 76.7 cm³/mol. The number of carbonyl (C=O) groups excluding carboxylic acids is 1. The van der Waals surface area contributed by atoms with Crippen LogP contribution >= 0.6 is 0 Å². The monoisotopic (exact) mass is 287 g/mol. The van der Waals surface area contributed by atoms with Crippen LogP contribution in [0.5, 0.6) is 0 Å². The molecule has 6 nitrogen and oxygen atoms in total. The maximum Gasteiger partial charge on any atom is 0.272 e. The molecule has 6 heteroatoms. The van der Waals surface area contributed by atoms with Crippen molar-refractivity contribution in [2.24, 2.45) is 0 Å². The second-order valence-electron chi connectivity index (χ2n) is 5.47. The van der Waals surface area contributed by atoms with Crippen molar-refractivity contribution in [1.29, 1.82) is 5.26 Å². The highest BCUT2D eigenvalue weighted by Crippen LogP contribution is 2.28. The normalized spacial score (nSPS) is 16.8. The maximum absolute atomic E-state index is 12.3. The van der Waals surface area contributed by atoms with Gasteiger partial charge >= 0.3 is 0 Å². The summed E-state index contributed by atoms with van der Waals surface area (Å²) >= 11 is 0. The first-order valence-electron chi connectivity index (χ1n) is 6.96. The molecule has 0 spiro atoms. The fourth-order valence-corrected chi connectivity index (χ4v) is 2.71. The number of carbonyl (C=O) groups is 1. The van der Waals surface area contributed by atoms with E-state index < -0.39 is 10.5 Å². The van der Waals surface area contributed by atoms with E-state index in [1.807, 2.05) is 0 Å². The molecule has 110 valence electrons. The Kier molecular flexibility index (Phi) is 4.22. The quantitative estimate of drug-likeness (QED) is 0.682. The average molecular weight is 287 g/mol. The van der Waals surface area contributed by atoms with E-state index in [0.29, 0.717) is 24.0 Å². The molecule has 1 amide bonds. The Hall–Kier alpha value is -2.42. The molecule has 1 aliphatic carbocycles. The van der Waals surface area contributed by atoms with Crippen molar-refractivity contribution < 1.29 is 9.72 Å². The number of nitrogens with one attached hydrogen (secondary N) is 1. The number of nitrogens with zero attached hydrogens (tertiary/aromatic N) is 2. The molecule has 1 aromatic carbocycles. The first kappa shape index (κ1) is 15.0. The zero-order valence-corrected chi connectivity index (χ0v) is 11.9. The van der Waals surface area contributed by atoms with Crippen molar-refractivity contribution in [3.63, 3.8) is 0 Å². The topological polar surface area (TPSA) is 96.0 Å². The van der Waals surface area contributed by atoms with Gasteiger partial charge in [0.15, 0.2) is 0 Å². The summed E-state index contributed by atoms with van der Waals surface area (Å²) < 4.78 is 0. The molecule has 1 aromatic rings. The van der Waals surface area contributed by atoms with E-state index in [1.165, 1.54) is 18.2 Å². The van der Waals surface area contributed by atoms with Crippen LogP contribution in [0.25, 0.3) is 0 Å². The lowest BCUT2D eigenvalue weighted by molar-refractivity contribution is -0.385. The van der Waals surface area contributed by atoms with Crippen LogP contribution in [-0.2, 0) is 0 Å². The highest BCUT2D eigenvalue weighted by Gasteiger charge is 2.33. The zero-order valence-electron chi connectivity index (χ0n) is 11.9. The van der Waals surface area contributed by atoms with Gasteiger partial charge < -0.3 is 5.32 Å². The third-order valence-electron chi connectivity index (χ3n) is 3.93. The van der Waals surface area contributed by atoms with E-state index in [1.54, 1.807) is 6.92 Å². The lowest BCUT2D eigenvalue weighted by Crippen LogP contribution is -2.48. The van der Waals surface area contributed by atoms with Gasteiger partial charge in [-0.25, -0.2) is 0 Å². The van der Waals surface area contributed by atoms with Crippen LogP contribution in [-0.4, -0.2) is 16.4 Å². The lowest BCUT2D eigenvalue weighted by Gasteiger charge is -2.31. The van der Waals surface area contributed by atoms with Crippen molar-refractivity contribution in [1.82, 2.24) is 5.32 Å². The first-order valence-corrected chi connectivity index (χ1v) is 6.96. The predicted octanol–water partition coefficient (Wildman–Crippen LogP) is 2.86. The number of benzene rings is 1. The molecule has 1 N–H and O–H groups in total. The van der Waals surface area contributed by atoms with Gasteiger partial charge in [-0.2, -0.15) is 5.26 Å². The molecule has 1 aliphatic rings. The van der Waals surface area contributed by atoms with Crippen molar-refractivity contribution in [2.75, 3.05) is 0 Å². The Labute approximate surface area is 122 Å². The third-order valence-corrected chi connectivity index (χ3v) is 3.93. The van der Waals surface area contributed by atoms with Crippen LogP contribution in [0.2, 0.25) is 0 Å². The molecule has 0 radical (unpaired) electrons. The highest BCUT2D eigenvalue weighted by atomic mass is 16.6. The highest BCUT2D eigenvalue weighted by molar-refractivity contribution is 5.95. The number of nitriles is 1. The minimum atomic E-state index is -0.801. The molecular formula is C15H17N3O3. The number of rotatable bonds is 3. The minimum absolute atomic E-state index is 0.0146. The van der Waals surface area contributed by atoms with E-state index in [2.05, 4.69) is 11.4 Å². The second-order valence-corrected chi connectivity index (χ2v) is 5.47. The van der Waals surface area contributed by atoms with E-state index in [-0.39, 0.29) is 11.6 Å². The summed E-state index contributed by atoms with van der Waals surface area (Å²) in [6, 6.07) is 6.46. The van der Waals surface area contributed by atoms with Crippen molar-refractivity contribution in [3.05, 3.63) is 39.4 Å². The Morgan fingerprint density at radius 3 is 2.57 bits per heavy atom. The first-order chi connectivity index (χ1) is 9.97. The van der Waals surface area contributed by atoms with Crippen LogP contribution in [0.15, 0.2) is 18.2 Å². The van der Waals surface area contributed by atoms with Crippen LogP contribution in [0.1, 0.15) is 48.0 Å². The summed E-state index contributed by atoms with van der Waals surface area (Å²) in [4.78, 5) is 22.6. The number of hydrogen-bond donors (Lipinski definition) is 1. The van der Waals surface area contributed by atoms with Gasteiger partial charge in [0.2, 0.25) is 0 Å². The molecule has 1 fully saturated rings. The SMILES string of the molecule is Cc1cc(C(=O)NC2(C#N)CCCCC2)ccc1[N+](=O)[O-]. The third kappa shape index (κ3) is 3.19. The molecular weight excluding hydrogens is 270 g/mol. The largest absolute Gasteiger partial charge is 0.334 e. The maximum atomic E-state index is 12.3. The average Bonchev–Trinajstić information content (AvgIpc) is 2.47. The van der Waals surface area contributed by atoms with Gasteiger partial charge in [-0.1, -0.05) is 19.3 Å². The van der Waals surface area contributed by atoms with E-state index in [0.717, 1.165) is 19.3 Å². The fourth-order valence-electron chi connectivity index (χ4n) is 2.71. The minimum Gasteiger partial charge on any atom is -0.334 e. The summed E-state index contributed by atoms with van der Waals surface area (Å²) in [5.41, 5.74) is -0.0369. The van der Waals surface area contributed by atoms with Crippen LogP contribution in [0.4, 0.5) is 5.69 Å². The summed E-state index contributed by atoms with van der Waals surface area (Å²) in [6.45, 7) is 1.59. The lowest BCUT2D eigenvalue weighted by atomic mass is 9.82. The van der Waals surface area contributed by atoms with E-state index in [4.69, 9.17) is 0 Å². The zero-order chi connectivity index (χ0) is 15.5. The van der Waals surface area contributed by atoms with E-state index in [9.17, 15) is 20.2 Å². The van der Waals surface area contributed by atoms with Gasteiger partial charge in [-0.15, -0.1) is 0 Å². The molecule has 0 atom stereocenters. The molecule has 0 unspecified atom stereocenters. The summed E-state index contributed by atoms with van der Waals surface area (Å²) in [6.07, 6.45) is 4.23. The molecule has 0 bridgehead atoms. The second kappa shape index (κ2) is 5.92. The number of amides is 1. The number of nitro benzene ring substituents is 1. The summed E-state index contributed by atoms with van der Waals surface area (Å²) in [5.74, 6) is -0.351. The fraction of sp³-hybridized carbons (Fsp3) is 0.467. The van der Waals surface area contributed by atoms with Crippen LogP contribution < -0.4 is 5.32 Å². The van der Waals surface area contributed by atoms with Crippen LogP contribution in [0, 0.1) is 28.4 Å². The number of aryl methyl sites for hydroxylation is 1. The van der Waals surface area contributed by atoms with Gasteiger partial charge in [0.25, 0.3) is 11.6 Å². The molecule has 0 heterocycles. The molecule has 0 saturated heterocycles. The van der Waals surface area contributed by atoms with Gasteiger partial charge in [-0.3, -0.25) is 14.9 Å². The Morgan fingerprint density at radius 1 is 1.38 bits per heavy atom. The van der Waals surface area contributed by atoms with Gasteiger partial charge in [0, 0.05) is 17.2 Å².